The summed E-state index contributed by atoms with van der Waals surface area (Å²) in [5, 5.41) is 23.4. The molecule has 0 amide bonds. The van der Waals surface area contributed by atoms with Crippen molar-refractivity contribution in [3.05, 3.63) is 89.4 Å². The Morgan fingerprint density at radius 2 is 1.43 bits per heavy atom. The van der Waals surface area contributed by atoms with E-state index in [1.165, 1.54) is 4.90 Å². The van der Waals surface area contributed by atoms with Crippen molar-refractivity contribution in [1.82, 2.24) is 29.5 Å². The number of aromatic nitrogens is 4. The Bertz CT molecular complexity index is 1480. The normalized spacial score (nSPS) is 11.3. The lowest BCUT2D eigenvalue weighted by Crippen LogP contribution is -2.34. The van der Waals surface area contributed by atoms with Gasteiger partial charge in [-0.15, -0.1) is 0 Å². The molecule has 0 bridgehead atoms. The fourth-order valence-corrected chi connectivity index (χ4v) is 4.73. The molecule has 3 aromatic heterocycles. The maximum absolute atomic E-state index is 11.3. The van der Waals surface area contributed by atoms with Crippen LogP contribution in [-0.2, 0) is 35.5 Å². The lowest BCUT2D eigenvalue weighted by Gasteiger charge is -2.17. The number of aryl methyl sites for hydroxylation is 2. The van der Waals surface area contributed by atoms with E-state index in [-0.39, 0.29) is 6.54 Å². The molecule has 3 heterocycles. The van der Waals surface area contributed by atoms with E-state index in [1.807, 2.05) is 60.8 Å². The molecule has 4 aromatic rings. The summed E-state index contributed by atoms with van der Waals surface area (Å²) in [5.74, 6) is -1.51. The lowest BCUT2D eigenvalue weighted by molar-refractivity contribution is -0.142. The Hall–Kier alpha value is -4.61. The first-order valence-corrected chi connectivity index (χ1v) is 14.0. The Balaban J connectivity index is 1.67. The van der Waals surface area contributed by atoms with Gasteiger partial charge in [0.05, 0.1) is 30.2 Å². The van der Waals surface area contributed by atoms with Crippen molar-refractivity contribution in [1.29, 1.82) is 0 Å². The first-order valence-electron chi connectivity index (χ1n) is 14.0. The number of carboxylic acids is 2. The zero-order valence-corrected chi connectivity index (χ0v) is 24.0. The quantitative estimate of drug-likeness (QED) is 0.181. The third-order valence-electron chi connectivity index (χ3n) is 6.91. The van der Waals surface area contributed by atoms with E-state index in [4.69, 9.17) is 20.8 Å². The summed E-state index contributed by atoms with van der Waals surface area (Å²) in [6, 6.07) is 19.1. The molecule has 4 N–H and O–H groups in total. The van der Waals surface area contributed by atoms with Crippen LogP contribution in [0.2, 0.25) is 0 Å². The minimum atomic E-state index is -1.10. The van der Waals surface area contributed by atoms with Gasteiger partial charge in [0.25, 0.3) is 0 Å². The van der Waals surface area contributed by atoms with E-state index >= 15 is 0 Å². The van der Waals surface area contributed by atoms with Crippen LogP contribution in [0.4, 0.5) is 5.69 Å². The SMILES string of the molecule is CCN(CC)Cc1cccc(-n2cc(CCc3ccc(N)cc3)c(-c3cccc(CN(CC(=O)O)CC(=O)O)n3)n2)n1. The summed E-state index contributed by atoms with van der Waals surface area (Å²) >= 11 is 0. The van der Waals surface area contributed by atoms with Crippen LogP contribution < -0.4 is 5.73 Å². The second kappa shape index (κ2) is 14.3. The highest BCUT2D eigenvalue weighted by Gasteiger charge is 2.18. The van der Waals surface area contributed by atoms with Crippen molar-refractivity contribution in [2.24, 2.45) is 0 Å². The van der Waals surface area contributed by atoms with E-state index in [0.717, 1.165) is 42.9 Å². The van der Waals surface area contributed by atoms with Crippen molar-refractivity contribution in [3.63, 3.8) is 0 Å². The summed E-state index contributed by atoms with van der Waals surface area (Å²) in [5.41, 5.74) is 11.5. The average Bonchev–Trinajstić information content (AvgIpc) is 3.40. The van der Waals surface area contributed by atoms with Crippen LogP contribution in [0.5, 0.6) is 0 Å². The van der Waals surface area contributed by atoms with E-state index in [2.05, 4.69) is 18.7 Å². The van der Waals surface area contributed by atoms with Gasteiger partial charge < -0.3 is 15.9 Å². The number of nitrogens with zero attached hydrogens (tertiary/aromatic N) is 6. The molecule has 11 heteroatoms. The third kappa shape index (κ3) is 8.45. The minimum Gasteiger partial charge on any atom is -0.480 e. The van der Waals surface area contributed by atoms with Gasteiger partial charge in [0.2, 0.25) is 0 Å². The number of anilines is 1. The monoisotopic (exact) mass is 571 g/mol. The van der Waals surface area contributed by atoms with Crippen LogP contribution in [0.25, 0.3) is 17.2 Å². The van der Waals surface area contributed by atoms with Crippen LogP contribution in [-0.4, -0.2) is 77.9 Å². The van der Waals surface area contributed by atoms with Gasteiger partial charge in [0.15, 0.2) is 5.82 Å². The zero-order chi connectivity index (χ0) is 30.1. The maximum Gasteiger partial charge on any atom is 0.317 e. The number of rotatable bonds is 15. The van der Waals surface area contributed by atoms with Crippen LogP contribution in [0.15, 0.2) is 66.9 Å². The number of pyridine rings is 2. The fraction of sp³-hybridized carbons (Fsp3) is 0.323. The van der Waals surface area contributed by atoms with Crippen molar-refractivity contribution in [2.75, 3.05) is 31.9 Å². The topological polar surface area (TPSA) is 151 Å². The van der Waals surface area contributed by atoms with Gasteiger partial charge in [-0.25, -0.2) is 14.6 Å². The molecule has 0 saturated carbocycles. The summed E-state index contributed by atoms with van der Waals surface area (Å²) in [7, 11) is 0. The number of aliphatic carboxylic acids is 2. The van der Waals surface area contributed by atoms with Crippen molar-refractivity contribution in [3.8, 4) is 17.2 Å². The molecule has 0 aliphatic heterocycles. The maximum atomic E-state index is 11.3. The molecular weight excluding hydrogens is 534 g/mol. The molecule has 220 valence electrons. The Labute approximate surface area is 245 Å². The van der Waals surface area contributed by atoms with Crippen LogP contribution in [0.1, 0.15) is 36.4 Å². The number of benzene rings is 1. The molecule has 4 rings (SSSR count). The van der Waals surface area contributed by atoms with Crippen LogP contribution in [0.3, 0.4) is 0 Å². The van der Waals surface area contributed by atoms with Gasteiger partial charge in [-0.05, 0) is 67.9 Å². The van der Waals surface area contributed by atoms with E-state index in [1.54, 1.807) is 10.7 Å². The van der Waals surface area contributed by atoms with Crippen molar-refractivity contribution < 1.29 is 19.8 Å². The highest BCUT2D eigenvalue weighted by atomic mass is 16.4. The molecule has 0 saturated heterocycles. The van der Waals surface area contributed by atoms with Crippen molar-refractivity contribution >= 4 is 17.6 Å². The van der Waals surface area contributed by atoms with E-state index in [9.17, 15) is 19.8 Å². The number of hydrogen-bond donors (Lipinski definition) is 3. The van der Waals surface area contributed by atoms with Gasteiger partial charge in [-0.2, -0.15) is 5.10 Å². The van der Waals surface area contributed by atoms with Crippen molar-refractivity contribution in [2.45, 2.75) is 39.8 Å². The van der Waals surface area contributed by atoms with Crippen LogP contribution in [0, 0.1) is 0 Å². The summed E-state index contributed by atoms with van der Waals surface area (Å²) in [6.07, 6.45) is 3.43. The predicted molar refractivity (Wildman–Crippen MR) is 160 cm³/mol. The molecule has 0 atom stereocenters. The van der Waals surface area contributed by atoms with Gasteiger partial charge in [-0.3, -0.25) is 19.4 Å². The Morgan fingerprint density at radius 3 is 2.07 bits per heavy atom. The second-order valence-electron chi connectivity index (χ2n) is 10.1. The molecule has 0 unspecified atom stereocenters. The smallest absolute Gasteiger partial charge is 0.317 e. The van der Waals surface area contributed by atoms with Gasteiger partial charge in [0, 0.05) is 30.5 Å². The fourth-order valence-electron chi connectivity index (χ4n) is 4.73. The lowest BCUT2D eigenvalue weighted by atomic mass is 10.0. The minimum absolute atomic E-state index is 0.0723. The zero-order valence-electron chi connectivity index (χ0n) is 24.0. The number of nitrogens with two attached hydrogens (primary N) is 1. The molecule has 0 aliphatic carbocycles. The van der Waals surface area contributed by atoms with Gasteiger partial charge in [-0.1, -0.05) is 38.1 Å². The van der Waals surface area contributed by atoms with Gasteiger partial charge >= 0.3 is 11.9 Å². The summed E-state index contributed by atoms with van der Waals surface area (Å²) in [4.78, 5) is 35.8. The molecule has 11 nitrogen and oxygen atoms in total. The number of carbonyl (C=O) groups is 2. The Kier molecular flexibility index (Phi) is 10.4. The first kappa shape index (κ1) is 30.4. The summed E-state index contributed by atoms with van der Waals surface area (Å²) in [6.45, 7) is 6.12. The predicted octanol–water partition coefficient (Wildman–Crippen LogP) is 3.51. The standard InChI is InChI=1S/C31H37N7O4/c1-3-36(4-2)18-26-8-6-10-28(34-26)38-17-23(14-11-22-12-15-24(32)16-13-22)31(35-38)27-9-5-7-25(33-27)19-37(20-29(39)40)21-30(41)42/h5-10,12-13,15-17H,3-4,11,14,18-21,32H2,1-2H3,(H,39,40)(H,41,42). The van der Waals surface area contributed by atoms with Crippen LogP contribution >= 0.6 is 0 Å². The number of carboxylic acid groups (broad SMARTS) is 2. The Morgan fingerprint density at radius 1 is 0.810 bits per heavy atom. The van der Waals surface area contributed by atoms with E-state index in [0.29, 0.717) is 35.0 Å². The molecular formula is C31H37N7O4. The second-order valence-corrected chi connectivity index (χ2v) is 10.1. The molecule has 0 spiro atoms. The first-order chi connectivity index (χ1) is 20.2. The van der Waals surface area contributed by atoms with Gasteiger partial charge in [0.1, 0.15) is 5.69 Å². The highest BCUT2D eigenvalue weighted by Crippen LogP contribution is 2.24. The van der Waals surface area contributed by atoms with E-state index < -0.39 is 25.0 Å². The molecule has 0 aliphatic rings. The molecule has 0 radical (unpaired) electrons. The molecule has 42 heavy (non-hydrogen) atoms. The molecule has 0 fully saturated rings. The highest BCUT2D eigenvalue weighted by molar-refractivity contribution is 5.72. The number of nitrogen functional groups attached to an aromatic ring is 1. The summed E-state index contributed by atoms with van der Waals surface area (Å²) < 4.78 is 1.77. The average molecular weight is 572 g/mol. The number of hydrogen-bond acceptors (Lipinski definition) is 8. The third-order valence-corrected chi connectivity index (χ3v) is 6.91. The molecule has 1 aromatic carbocycles. The largest absolute Gasteiger partial charge is 0.480 e.